The zero-order chi connectivity index (χ0) is 12.6. The van der Waals surface area contributed by atoms with Crippen LogP contribution < -0.4 is 11.1 Å². The molecule has 1 amide bonds. The van der Waals surface area contributed by atoms with Crippen molar-refractivity contribution in [2.45, 2.75) is 18.4 Å². The summed E-state index contributed by atoms with van der Waals surface area (Å²) in [6.07, 6.45) is 1.23. The largest absolute Gasteiger partial charge is 0.319 e. The van der Waals surface area contributed by atoms with Crippen molar-refractivity contribution in [2.75, 3.05) is 5.32 Å². The molecule has 1 saturated carbocycles. The number of hydrogen-bond acceptors (Lipinski definition) is 4. The van der Waals surface area contributed by atoms with Crippen molar-refractivity contribution in [3.63, 3.8) is 0 Å². The first-order valence-electron chi connectivity index (χ1n) is 4.97. The van der Waals surface area contributed by atoms with Crippen LogP contribution in [0.1, 0.15) is 12.8 Å². The highest BCUT2D eigenvalue weighted by Gasteiger charge is 2.46. The molecule has 6 nitrogen and oxygen atoms in total. The van der Waals surface area contributed by atoms with Crippen LogP contribution in [-0.4, -0.2) is 16.4 Å². The first kappa shape index (κ1) is 12.0. The molecule has 3 N–H and O–H groups in total. The van der Waals surface area contributed by atoms with Gasteiger partial charge in [-0.2, -0.15) is 0 Å². The lowest BCUT2D eigenvalue weighted by molar-refractivity contribution is -0.384. The summed E-state index contributed by atoms with van der Waals surface area (Å²) in [6, 6.07) is 4.44. The second-order valence-electron chi connectivity index (χ2n) is 4.03. The molecule has 1 aliphatic rings. The van der Waals surface area contributed by atoms with Gasteiger partial charge in [0.1, 0.15) is 5.69 Å². The zero-order valence-corrected chi connectivity index (χ0v) is 10.4. The SMILES string of the molecule is NC1(C(=O)Nc2ccc(Br)cc2[N+](=O)[O-])CC1. The molecule has 0 aromatic heterocycles. The van der Waals surface area contributed by atoms with Crippen molar-refractivity contribution in [3.8, 4) is 0 Å². The number of hydrogen-bond donors (Lipinski definition) is 2. The molecule has 0 atom stereocenters. The second-order valence-corrected chi connectivity index (χ2v) is 4.94. The quantitative estimate of drug-likeness (QED) is 0.656. The molecule has 1 fully saturated rings. The maximum absolute atomic E-state index is 11.7. The monoisotopic (exact) mass is 299 g/mol. The highest BCUT2D eigenvalue weighted by Crippen LogP contribution is 2.35. The lowest BCUT2D eigenvalue weighted by Gasteiger charge is -2.10. The maximum atomic E-state index is 11.7. The molecule has 0 heterocycles. The Labute approximate surface area is 105 Å². The molecular formula is C10H10BrN3O3. The summed E-state index contributed by atoms with van der Waals surface area (Å²) >= 11 is 3.14. The number of nitrogens with two attached hydrogens (primary N) is 1. The minimum atomic E-state index is -0.846. The number of nitro benzene ring substituents is 1. The molecule has 17 heavy (non-hydrogen) atoms. The van der Waals surface area contributed by atoms with E-state index in [1.165, 1.54) is 12.1 Å². The molecule has 7 heteroatoms. The van der Waals surface area contributed by atoms with E-state index in [0.29, 0.717) is 17.3 Å². The third-order valence-corrected chi connectivity index (χ3v) is 3.14. The van der Waals surface area contributed by atoms with Crippen LogP contribution in [0, 0.1) is 10.1 Å². The van der Waals surface area contributed by atoms with Crippen molar-refractivity contribution in [2.24, 2.45) is 5.73 Å². The van der Waals surface area contributed by atoms with Crippen LogP contribution in [0.15, 0.2) is 22.7 Å². The summed E-state index contributed by atoms with van der Waals surface area (Å²) in [4.78, 5) is 22.0. The summed E-state index contributed by atoms with van der Waals surface area (Å²) < 4.78 is 0.580. The lowest BCUT2D eigenvalue weighted by Crippen LogP contribution is -2.37. The molecule has 0 aliphatic heterocycles. The molecule has 1 aliphatic carbocycles. The van der Waals surface area contributed by atoms with E-state index in [4.69, 9.17) is 5.73 Å². The van der Waals surface area contributed by atoms with Crippen LogP contribution in [-0.2, 0) is 4.79 Å². The predicted molar refractivity (Wildman–Crippen MR) is 65.6 cm³/mol. The van der Waals surface area contributed by atoms with E-state index < -0.39 is 10.5 Å². The number of anilines is 1. The van der Waals surface area contributed by atoms with E-state index in [1.807, 2.05) is 0 Å². The fourth-order valence-electron chi connectivity index (χ4n) is 1.37. The summed E-state index contributed by atoms with van der Waals surface area (Å²) in [6.45, 7) is 0. The molecule has 1 aromatic carbocycles. The zero-order valence-electron chi connectivity index (χ0n) is 8.77. The van der Waals surface area contributed by atoms with E-state index in [0.717, 1.165) is 0 Å². The maximum Gasteiger partial charge on any atom is 0.293 e. The van der Waals surface area contributed by atoms with Gasteiger partial charge in [-0.05, 0) is 25.0 Å². The molecule has 1 aromatic rings. The van der Waals surface area contributed by atoms with Gasteiger partial charge in [-0.25, -0.2) is 0 Å². The molecule has 0 bridgehead atoms. The Kier molecular flexibility index (Phi) is 2.88. The summed E-state index contributed by atoms with van der Waals surface area (Å²) in [5, 5.41) is 13.3. The number of amides is 1. The molecule has 2 rings (SSSR count). The van der Waals surface area contributed by atoms with E-state index in [1.54, 1.807) is 6.07 Å². The average molecular weight is 300 g/mol. The number of halogens is 1. The Morgan fingerprint density at radius 2 is 2.18 bits per heavy atom. The number of carbonyl (C=O) groups excluding carboxylic acids is 1. The first-order valence-corrected chi connectivity index (χ1v) is 5.76. The van der Waals surface area contributed by atoms with Crippen LogP contribution in [0.3, 0.4) is 0 Å². The van der Waals surface area contributed by atoms with E-state index in [2.05, 4.69) is 21.2 Å². The lowest BCUT2D eigenvalue weighted by atomic mass is 10.2. The highest BCUT2D eigenvalue weighted by molar-refractivity contribution is 9.10. The van der Waals surface area contributed by atoms with Gasteiger partial charge in [-0.3, -0.25) is 14.9 Å². The summed E-state index contributed by atoms with van der Waals surface area (Å²) in [5.74, 6) is -0.372. The van der Waals surface area contributed by atoms with Crippen molar-refractivity contribution >= 4 is 33.2 Å². The highest BCUT2D eigenvalue weighted by atomic mass is 79.9. The Morgan fingerprint density at radius 3 is 2.71 bits per heavy atom. The fourth-order valence-corrected chi connectivity index (χ4v) is 1.72. The third-order valence-electron chi connectivity index (χ3n) is 2.65. The van der Waals surface area contributed by atoms with Crippen LogP contribution in [0.4, 0.5) is 11.4 Å². The van der Waals surface area contributed by atoms with Crippen molar-refractivity contribution < 1.29 is 9.72 Å². The molecule has 0 unspecified atom stereocenters. The molecule has 0 saturated heterocycles. The van der Waals surface area contributed by atoms with Crippen LogP contribution in [0.5, 0.6) is 0 Å². The molecule has 0 spiro atoms. The number of benzene rings is 1. The van der Waals surface area contributed by atoms with Crippen molar-refractivity contribution in [1.82, 2.24) is 0 Å². The van der Waals surface area contributed by atoms with Gasteiger partial charge < -0.3 is 11.1 Å². The van der Waals surface area contributed by atoms with Crippen molar-refractivity contribution in [1.29, 1.82) is 0 Å². The van der Waals surface area contributed by atoms with Gasteiger partial charge in [0.15, 0.2) is 0 Å². The van der Waals surface area contributed by atoms with Crippen molar-refractivity contribution in [3.05, 3.63) is 32.8 Å². The Morgan fingerprint density at radius 1 is 1.53 bits per heavy atom. The smallest absolute Gasteiger partial charge is 0.293 e. The van der Waals surface area contributed by atoms with Crippen LogP contribution >= 0.6 is 15.9 Å². The van der Waals surface area contributed by atoms with Gasteiger partial charge >= 0.3 is 0 Å². The van der Waals surface area contributed by atoms with E-state index in [-0.39, 0.29) is 17.3 Å². The van der Waals surface area contributed by atoms with Gasteiger partial charge in [0.2, 0.25) is 5.91 Å². The van der Waals surface area contributed by atoms with Gasteiger partial charge in [-0.1, -0.05) is 15.9 Å². The molecular weight excluding hydrogens is 290 g/mol. The standard InChI is InChI=1S/C10H10BrN3O3/c11-6-1-2-7(8(5-6)14(16)17)13-9(15)10(12)3-4-10/h1-2,5H,3-4,12H2,(H,13,15). The number of nitrogens with zero attached hydrogens (tertiary/aromatic N) is 1. The number of carbonyl (C=O) groups is 1. The Hall–Kier alpha value is -1.47. The normalized spacial score (nSPS) is 16.4. The fraction of sp³-hybridized carbons (Fsp3) is 0.300. The van der Waals surface area contributed by atoms with Gasteiger partial charge in [-0.15, -0.1) is 0 Å². The number of nitro groups is 1. The van der Waals surface area contributed by atoms with Crippen LogP contribution in [0.25, 0.3) is 0 Å². The molecule has 90 valence electrons. The Balaban J connectivity index is 2.26. The van der Waals surface area contributed by atoms with E-state index >= 15 is 0 Å². The van der Waals surface area contributed by atoms with Crippen LogP contribution in [0.2, 0.25) is 0 Å². The summed E-state index contributed by atoms with van der Waals surface area (Å²) in [5.41, 5.74) is 4.87. The second kappa shape index (κ2) is 4.08. The average Bonchev–Trinajstić information content (AvgIpc) is 3.00. The molecule has 0 radical (unpaired) electrons. The van der Waals surface area contributed by atoms with Gasteiger partial charge in [0.25, 0.3) is 5.69 Å². The predicted octanol–water partition coefficient (Wildman–Crippen LogP) is 1.79. The van der Waals surface area contributed by atoms with Gasteiger partial charge in [0.05, 0.1) is 10.5 Å². The number of nitrogens with one attached hydrogen (secondary N) is 1. The first-order chi connectivity index (χ1) is 7.92. The van der Waals surface area contributed by atoms with Gasteiger partial charge in [0, 0.05) is 10.5 Å². The minimum Gasteiger partial charge on any atom is -0.319 e. The summed E-state index contributed by atoms with van der Waals surface area (Å²) in [7, 11) is 0. The Bertz CT molecular complexity index is 500. The number of rotatable bonds is 3. The minimum absolute atomic E-state index is 0.156. The van der Waals surface area contributed by atoms with E-state index in [9.17, 15) is 14.9 Å². The third kappa shape index (κ3) is 2.45. The topological polar surface area (TPSA) is 98.3 Å².